The highest BCUT2D eigenvalue weighted by Crippen LogP contribution is 2.23. The Labute approximate surface area is 130 Å². The molecule has 1 aromatic rings. The second-order valence-corrected chi connectivity index (χ2v) is 5.33. The van der Waals surface area contributed by atoms with E-state index in [-0.39, 0.29) is 12.5 Å². The number of ether oxygens (including phenoxy) is 2. The van der Waals surface area contributed by atoms with E-state index in [0.29, 0.717) is 17.0 Å². The van der Waals surface area contributed by atoms with Crippen LogP contribution in [-0.4, -0.2) is 43.6 Å². The summed E-state index contributed by atoms with van der Waals surface area (Å²) in [7, 11) is 1.31. The van der Waals surface area contributed by atoms with Gasteiger partial charge in [-0.05, 0) is 31.0 Å². The van der Waals surface area contributed by atoms with Crippen molar-refractivity contribution in [3.05, 3.63) is 23.8 Å². The highest BCUT2D eigenvalue weighted by Gasteiger charge is 2.17. The summed E-state index contributed by atoms with van der Waals surface area (Å²) in [4.78, 5) is 25.5. The number of amides is 1. The fraction of sp³-hybridized carbons (Fsp3) is 0.500. The molecule has 0 aromatic heterocycles. The zero-order chi connectivity index (χ0) is 15.9. The molecule has 0 unspecified atom stereocenters. The van der Waals surface area contributed by atoms with Crippen LogP contribution in [0.4, 0.5) is 5.69 Å². The average molecular weight is 306 g/mol. The van der Waals surface area contributed by atoms with E-state index in [0.717, 1.165) is 25.9 Å². The molecule has 1 fully saturated rings. The van der Waals surface area contributed by atoms with E-state index in [4.69, 9.17) is 10.5 Å². The molecule has 2 rings (SSSR count). The van der Waals surface area contributed by atoms with Crippen LogP contribution in [0.1, 0.15) is 36.0 Å². The van der Waals surface area contributed by atoms with Crippen LogP contribution in [0.25, 0.3) is 0 Å². The smallest absolute Gasteiger partial charge is 0.337 e. The first kappa shape index (κ1) is 16.1. The zero-order valence-electron chi connectivity index (χ0n) is 12.8. The summed E-state index contributed by atoms with van der Waals surface area (Å²) in [6, 6.07) is 4.62. The van der Waals surface area contributed by atoms with Crippen molar-refractivity contribution in [2.75, 3.05) is 32.5 Å². The van der Waals surface area contributed by atoms with Crippen molar-refractivity contribution in [2.24, 2.45) is 0 Å². The van der Waals surface area contributed by atoms with Crippen LogP contribution >= 0.6 is 0 Å². The normalized spacial score (nSPS) is 15.0. The van der Waals surface area contributed by atoms with Crippen LogP contribution in [0.15, 0.2) is 18.2 Å². The Balaban J connectivity index is 1.98. The average Bonchev–Trinajstić information content (AvgIpc) is 2.82. The third-order valence-corrected chi connectivity index (χ3v) is 3.74. The van der Waals surface area contributed by atoms with Gasteiger partial charge in [0, 0.05) is 13.1 Å². The topological polar surface area (TPSA) is 81.9 Å². The van der Waals surface area contributed by atoms with Gasteiger partial charge in [0.15, 0.2) is 6.61 Å². The standard InChI is InChI=1S/C16H22N2O4/c1-21-16(20)12-6-7-13(17)14(10-12)22-11-15(19)18-8-4-2-3-5-9-18/h6-7,10H,2-5,8-9,11,17H2,1H3. The summed E-state index contributed by atoms with van der Waals surface area (Å²) in [5.74, 6) is -0.195. The monoisotopic (exact) mass is 306 g/mol. The lowest BCUT2D eigenvalue weighted by molar-refractivity contribution is -0.133. The van der Waals surface area contributed by atoms with E-state index >= 15 is 0 Å². The van der Waals surface area contributed by atoms with E-state index in [1.807, 2.05) is 4.90 Å². The first-order chi connectivity index (χ1) is 10.6. The minimum Gasteiger partial charge on any atom is -0.482 e. The second kappa shape index (κ2) is 7.68. The lowest BCUT2D eigenvalue weighted by atomic mass is 10.2. The van der Waals surface area contributed by atoms with Crippen molar-refractivity contribution in [2.45, 2.75) is 25.7 Å². The van der Waals surface area contributed by atoms with Gasteiger partial charge in [-0.25, -0.2) is 4.79 Å². The highest BCUT2D eigenvalue weighted by molar-refractivity contribution is 5.90. The minimum absolute atomic E-state index is 0.0511. The molecule has 0 radical (unpaired) electrons. The summed E-state index contributed by atoms with van der Waals surface area (Å²) in [6.45, 7) is 1.48. The maximum atomic E-state index is 12.2. The number of nitrogens with zero attached hydrogens (tertiary/aromatic N) is 1. The molecule has 0 bridgehead atoms. The molecule has 1 aromatic carbocycles. The molecule has 2 N–H and O–H groups in total. The summed E-state index contributed by atoms with van der Waals surface area (Å²) >= 11 is 0. The largest absolute Gasteiger partial charge is 0.482 e. The van der Waals surface area contributed by atoms with Crippen LogP contribution in [0.2, 0.25) is 0 Å². The van der Waals surface area contributed by atoms with Gasteiger partial charge in [-0.15, -0.1) is 0 Å². The molecule has 1 aliphatic heterocycles. The van der Waals surface area contributed by atoms with Crippen molar-refractivity contribution in [1.29, 1.82) is 0 Å². The maximum absolute atomic E-state index is 12.2. The number of carbonyl (C=O) groups is 2. The van der Waals surface area contributed by atoms with Crippen molar-refractivity contribution in [3.8, 4) is 5.75 Å². The Morgan fingerprint density at radius 2 is 1.86 bits per heavy atom. The molecular formula is C16H22N2O4. The van der Waals surface area contributed by atoms with Gasteiger partial charge < -0.3 is 20.1 Å². The molecular weight excluding hydrogens is 284 g/mol. The van der Waals surface area contributed by atoms with Crippen molar-refractivity contribution in [1.82, 2.24) is 4.90 Å². The lowest BCUT2D eigenvalue weighted by Gasteiger charge is -2.20. The van der Waals surface area contributed by atoms with E-state index in [1.165, 1.54) is 26.0 Å². The number of anilines is 1. The number of likely N-dealkylation sites (tertiary alicyclic amines) is 1. The number of carbonyl (C=O) groups excluding carboxylic acids is 2. The molecule has 6 heteroatoms. The fourth-order valence-corrected chi connectivity index (χ4v) is 2.46. The number of rotatable bonds is 4. The Hall–Kier alpha value is -2.24. The molecule has 120 valence electrons. The van der Waals surface area contributed by atoms with Crippen LogP contribution < -0.4 is 10.5 Å². The van der Waals surface area contributed by atoms with Gasteiger partial charge in [-0.3, -0.25) is 4.79 Å². The van der Waals surface area contributed by atoms with Crippen molar-refractivity contribution >= 4 is 17.6 Å². The molecule has 1 heterocycles. The Morgan fingerprint density at radius 1 is 1.18 bits per heavy atom. The van der Waals surface area contributed by atoms with Crippen LogP contribution in [0.3, 0.4) is 0 Å². The molecule has 22 heavy (non-hydrogen) atoms. The predicted molar refractivity (Wildman–Crippen MR) is 82.7 cm³/mol. The van der Waals surface area contributed by atoms with E-state index in [1.54, 1.807) is 12.1 Å². The van der Waals surface area contributed by atoms with E-state index < -0.39 is 5.97 Å². The molecule has 0 spiro atoms. The number of hydrogen-bond donors (Lipinski definition) is 1. The molecule has 6 nitrogen and oxygen atoms in total. The number of nitrogen functional groups attached to an aromatic ring is 1. The third kappa shape index (κ3) is 4.13. The minimum atomic E-state index is -0.469. The molecule has 1 amide bonds. The summed E-state index contributed by atoms with van der Waals surface area (Å²) < 4.78 is 10.2. The molecule has 1 aliphatic rings. The van der Waals surface area contributed by atoms with Gasteiger partial charge in [-0.1, -0.05) is 12.8 Å². The summed E-state index contributed by atoms with van der Waals surface area (Å²) in [6.07, 6.45) is 4.40. The number of methoxy groups -OCH3 is 1. The first-order valence-corrected chi connectivity index (χ1v) is 7.50. The van der Waals surface area contributed by atoms with Gasteiger partial charge in [0.05, 0.1) is 18.4 Å². The fourth-order valence-electron chi connectivity index (χ4n) is 2.46. The Morgan fingerprint density at radius 3 is 2.50 bits per heavy atom. The zero-order valence-corrected chi connectivity index (χ0v) is 12.8. The third-order valence-electron chi connectivity index (χ3n) is 3.74. The molecule has 0 saturated carbocycles. The molecule has 1 saturated heterocycles. The van der Waals surface area contributed by atoms with Gasteiger partial charge in [-0.2, -0.15) is 0 Å². The summed E-state index contributed by atoms with van der Waals surface area (Å²) in [5.41, 5.74) is 6.55. The summed E-state index contributed by atoms with van der Waals surface area (Å²) in [5, 5.41) is 0. The number of benzene rings is 1. The lowest BCUT2D eigenvalue weighted by Crippen LogP contribution is -2.35. The SMILES string of the molecule is COC(=O)c1ccc(N)c(OCC(=O)N2CCCCCC2)c1. The van der Waals surface area contributed by atoms with Crippen molar-refractivity contribution < 1.29 is 19.1 Å². The number of esters is 1. The quantitative estimate of drug-likeness (QED) is 0.678. The maximum Gasteiger partial charge on any atom is 0.337 e. The van der Waals surface area contributed by atoms with Crippen LogP contribution in [0, 0.1) is 0 Å². The van der Waals surface area contributed by atoms with Gasteiger partial charge in [0.2, 0.25) is 0 Å². The van der Waals surface area contributed by atoms with E-state index in [9.17, 15) is 9.59 Å². The molecule has 0 atom stereocenters. The van der Waals surface area contributed by atoms with Crippen LogP contribution in [0.5, 0.6) is 5.75 Å². The molecule has 0 aliphatic carbocycles. The highest BCUT2D eigenvalue weighted by atomic mass is 16.5. The number of hydrogen-bond acceptors (Lipinski definition) is 5. The Kier molecular flexibility index (Phi) is 5.63. The Bertz CT molecular complexity index is 537. The van der Waals surface area contributed by atoms with Crippen molar-refractivity contribution in [3.63, 3.8) is 0 Å². The van der Waals surface area contributed by atoms with Crippen LogP contribution in [-0.2, 0) is 9.53 Å². The first-order valence-electron chi connectivity index (χ1n) is 7.50. The predicted octanol–water partition coefficient (Wildman–Crippen LogP) is 1.84. The van der Waals surface area contributed by atoms with Gasteiger partial charge in [0.25, 0.3) is 5.91 Å². The van der Waals surface area contributed by atoms with Gasteiger partial charge in [0.1, 0.15) is 5.75 Å². The van der Waals surface area contributed by atoms with E-state index in [2.05, 4.69) is 4.74 Å². The second-order valence-electron chi connectivity index (χ2n) is 5.33. The number of nitrogens with two attached hydrogens (primary N) is 1. The van der Waals surface area contributed by atoms with Gasteiger partial charge >= 0.3 is 5.97 Å².